The minimum Gasteiger partial charge on any atom is -0.470 e. The number of hydrogen-bond acceptors (Lipinski definition) is 2. The number of ketones is 1. The summed E-state index contributed by atoms with van der Waals surface area (Å²) in [5.74, 6) is 0.606. The Balaban J connectivity index is 2.21. The van der Waals surface area contributed by atoms with E-state index in [0.29, 0.717) is 5.75 Å². The van der Waals surface area contributed by atoms with E-state index < -0.39 is 5.60 Å². The van der Waals surface area contributed by atoms with Gasteiger partial charge in [0.05, 0.1) is 0 Å². The van der Waals surface area contributed by atoms with Gasteiger partial charge in [-0.3, -0.25) is 4.79 Å². The molecule has 0 heterocycles. The van der Waals surface area contributed by atoms with Crippen LogP contribution in [0.1, 0.15) is 18.1 Å². The maximum atomic E-state index is 12.7. The fourth-order valence-corrected chi connectivity index (χ4v) is 2.77. The zero-order valence-electron chi connectivity index (χ0n) is 13.0. The molecule has 0 amide bonds. The summed E-state index contributed by atoms with van der Waals surface area (Å²) in [6.45, 7) is 1.57. The van der Waals surface area contributed by atoms with Crippen LogP contribution in [0.5, 0.6) is 5.75 Å². The summed E-state index contributed by atoms with van der Waals surface area (Å²) in [5.41, 5.74) is 0.495. The summed E-state index contributed by atoms with van der Waals surface area (Å²) >= 11 is 0. The highest BCUT2D eigenvalue weighted by Gasteiger charge is 2.41. The Morgan fingerprint density at radius 1 is 0.696 bits per heavy atom. The van der Waals surface area contributed by atoms with E-state index in [1.165, 1.54) is 0 Å². The first-order valence-corrected chi connectivity index (χ1v) is 7.59. The number of Topliss-reactive ketones (excluding diaryl/α,β-unsaturated/α-hetero) is 1. The van der Waals surface area contributed by atoms with Crippen molar-refractivity contribution in [3.05, 3.63) is 102 Å². The molecule has 0 fully saturated rings. The molecule has 0 aliphatic heterocycles. The quantitative estimate of drug-likeness (QED) is 0.688. The average molecular weight is 302 g/mol. The number of carbonyl (C=O) groups excluding carboxylic acids is 1. The Bertz CT molecular complexity index is 725. The number of hydrogen-bond donors (Lipinski definition) is 0. The molecule has 3 aromatic carbocycles. The maximum Gasteiger partial charge on any atom is 0.216 e. The van der Waals surface area contributed by atoms with Crippen molar-refractivity contribution in [1.29, 1.82) is 0 Å². The minimum absolute atomic E-state index is 0.0567. The summed E-state index contributed by atoms with van der Waals surface area (Å²) in [4.78, 5) is 12.7. The van der Waals surface area contributed by atoms with Crippen LogP contribution in [-0.4, -0.2) is 5.78 Å². The van der Waals surface area contributed by atoms with Crippen LogP contribution >= 0.6 is 0 Å². The van der Waals surface area contributed by atoms with Gasteiger partial charge in [-0.15, -0.1) is 0 Å². The SMILES string of the molecule is CC(=O)C(Oc1ccccc1)(c1ccccc1)c1ccccc1. The molecule has 0 N–H and O–H groups in total. The number of benzene rings is 3. The van der Waals surface area contributed by atoms with Crippen molar-refractivity contribution in [2.45, 2.75) is 12.5 Å². The van der Waals surface area contributed by atoms with Crippen LogP contribution in [0.2, 0.25) is 0 Å². The molecule has 0 radical (unpaired) electrons. The lowest BCUT2D eigenvalue weighted by Crippen LogP contribution is -2.41. The Morgan fingerprint density at radius 3 is 1.48 bits per heavy atom. The van der Waals surface area contributed by atoms with Gasteiger partial charge in [0, 0.05) is 11.1 Å². The van der Waals surface area contributed by atoms with Crippen LogP contribution in [0.4, 0.5) is 0 Å². The second kappa shape index (κ2) is 6.49. The van der Waals surface area contributed by atoms with Gasteiger partial charge in [0.2, 0.25) is 5.60 Å². The standard InChI is InChI=1S/C21H18O2/c1-17(22)21(18-11-5-2-6-12-18,19-13-7-3-8-14-19)23-20-15-9-4-10-16-20/h2-16H,1H3. The molecular formula is C21H18O2. The maximum absolute atomic E-state index is 12.7. The molecule has 2 heteroatoms. The van der Waals surface area contributed by atoms with E-state index in [1.54, 1.807) is 6.92 Å². The highest BCUT2D eigenvalue weighted by molar-refractivity contribution is 5.90. The van der Waals surface area contributed by atoms with Crippen molar-refractivity contribution < 1.29 is 9.53 Å². The van der Waals surface area contributed by atoms with E-state index in [9.17, 15) is 4.79 Å². The van der Waals surface area contributed by atoms with Crippen molar-refractivity contribution in [2.75, 3.05) is 0 Å². The molecule has 23 heavy (non-hydrogen) atoms. The van der Waals surface area contributed by atoms with Crippen molar-refractivity contribution in [3.8, 4) is 5.75 Å². The average Bonchev–Trinajstić information content (AvgIpc) is 2.62. The molecule has 0 aliphatic carbocycles. The lowest BCUT2D eigenvalue weighted by molar-refractivity contribution is -0.129. The summed E-state index contributed by atoms with van der Waals surface area (Å²) in [7, 11) is 0. The van der Waals surface area contributed by atoms with Crippen molar-refractivity contribution in [1.82, 2.24) is 0 Å². The topological polar surface area (TPSA) is 26.3 Å². The van der Waals surface area contributed by atoms with Gasteiger partial charge in [-0.25, -0.2) is 0 Å². The fourth-order valence-electron chi connectivity index (χ4n) is 2.77. The normalized spacial score (nSPS) is 11.0. The number of rotatable bonds is 5. The van der Waals surface area contributed by atoms with Crippen molar-refractivity contribution in [3.63, 3.8) is 0 Å². The molecule has 0 spiro atoms. The van der Waals surface area contributed by atoms with Crippen molar-refractivity contribution in [2.24, 2.45) is 0 Å². The van der Waals surface area contributed by atoms with Gasteiger partial charge in [0.25, 0.3) is 0 Å². The second-order valence-electron chi connectivity index (χ2n) is 5.38. The van der Waals surface area contributed by atoms with Gasteiger partial charge in [-0.2, -0.15) is 0 Å². The first-order chi connectivity index (χ1) is 11.2. The molecule has 114 valence electrons. The molecule has 3 aromatic rings. The monoisotopic (exact) mass is 302 g/mol. The Kier molecular flexibility index (Phi) is 4.24. The molecule has 0 bridgehead atoms. The van der Waals surface area contributed by atoms with E-state index in [-0.39, 0.29) is 5.78 Å². The molecule has 0 saturated carbocycles. The molecular weight excluding hydrogens is 284 g/mol. The van der Waals surface area contributed by atoms with Gasteiger partial charge in [0.15, 0.2) is 5.78 Å². The molecule has 0 aromatic heterocycles. The van der Waals surface area contributed by atoms with Gasteiger partial charge in [0.1, 0.15) is 5.75 Å². The third kappa shape index (κ3) is 2.88. The molecule has 3 rings (SSSR count). The number of ether oxygens (including phenoxy) is 1. The minimum atomic E-state index is -1.15. The summed E-state index contributed by atoms with van der Waals surface area (Å²) in [6, 6.07) is 28.7. The van der Waals surface area contributed by atoms with Gasteiger partial charge in [-0.05, 0) is 19.1 Å². The van der Waals surface area contributed by atoms with E-state index in [2.05, 4.69) is 0 Å². The fraction of sp³-hybridized carbons (Fsp3) is 0.0952. The first kappa shape index (κ1) is 15.0. The molecule has 0 atom stereocenters. The van der Waals surface area contributed by atoms with Crippen LogP contribution in [0, 0.1) is 0 Å². The van der Waals surface area contributed by atoms with Gasteiger partial charge in [-0.1, -0.05) is 78.9 Å². The first-order valence-electron chi connectivity index (χ1n) is 7.59. The summed E-state index contributed by atoms with van der Waals surface area (Å²) < 4.78 is 6.29. The van der Waals surface area contributed by atoms with Gasteiger partial charge >= 0.3 is 0 Å². The van der Waals surface area contributed by atoms with Crippen LogP contribution < -0.4 is 4.74 Å². The highest BCUT2D eigenvalue weighted by Crippen LogP contribution is 2.36. The predicted octanol–water partition coefficient (Wildman–Crippen LogP) is 4.60. The second-order valence-corrected chi connectivity index (χ2v) is 5.38. The van der Waals surface area contributed by atoms with E-state index in [0.717, 1.165) is 11.1 Å². The highest BCUT2D eigenvalue weighted by atomic mass is 16.5. The zero-order chi connectivity index (χ0) is 16.1. The van der Waals surface area contributed by atoms with E-state index in [4.69, 9.17) is 4.74 Å². The molecule has 0 unspecified atom stereocenters. The van der Waals surface area contributed by atoms with Crippen molar-refractivity contribution >= 4 is 5.78 Å². The zero-order valence-corrected chi connectivity index (χ0v) is 13.0. The Labute approximate surface area is 136 Å². The Hall–Kier alpha value is -2.87. The predicted molar refractivity (Wildman–Crippen MR) is 91.4 cm³/mol. The smallest absolute Gasteiger partial charge is 0.216 e. The third-order valence-corrected chi connectivity index (χ3v) is 3.87. The Morgan fingerprint density at radius 2 is 1.09 bits per heavy atom. The number of carbonyl (C=O) groups is 1. The lowest BCUT2D eigenvalue weighted by atomic mass is 9.83. The summed E-state index contributed by atoms with van der Waals surface area (Å²) in [6.07, 6.45) is 0. The largest absolute Gasteiger partial charge is 0.470 e. The van der Waals surface area contributed by atoms with E-state index >= 15 is 0 Å². The van der Waals surface area contributed by atoms with Gasteiger partial charge < -0.3 is 4.74 Å². The lowest BCUT2D eigenvalue weighted by Gasteiger charge is -2.33. The van der Waals surface area contributed by atoms with Crippen LogP contribution in [0.3, 0.4) is 0 Å². The van der Waals surface area contributed by atoms with Crippen LogP contribution in [0.25, 0.3) is 0 Å². The molecule has 0 aliphatic rings. The molecule has 2 nitrogen and oxygen atoms in total. The number of para-hydroxylation sites is 1. The van der Waals surface area contributed by atoms with E-state index in [1.807, 2.05) is 91.0 Å². The van der Waals surface area contributed by atoms with Crippen LogP contribution in [0.15, 0.2) is 91.0 Å². The molecule has 0 saturated heterocycles. The summed E-state index contributed by atoms with van der Waals surface area (Å²) in [5, 5.41) is 0. The third-order valence-electron chi connectivity index (χ3n) is 3.87. The van der Waals surface area contributed by atoms with Crippen LogP contribution in [-0.2, 0) is 10.4 Å².